The van der Waals surface area contributed by atoms with Crippen molar-refractivity contribution in [1.29, 1.82) is 0 Å². The maximum atomic E-state index is 2.52. The van der Waals surface area contributed by atoms with Gasteiger partial charge in [-0.1, -0.05) is 176 Å². The fourth-order valence-electron chi connectivity index (χ4n) is 10.0. The van der Waals surface area contributed by atoms with Gasteiger partial charge in [0.05, 0.1) is 27.8 Å². The Morgan fingerprint density at radius 3 is 1.80 bits per heavy atom. The second kappa shape index (κ2) is 14.6. The zero-order chi connectivity index (χ0) is 40.2. The van der Waals surface area contributed by atoms with Crippen LogP contribution in [0.1, 0.15) is 27.8 Å². The average molecular weight is 787 g/mol. The zero-order valence-corrected chi connectivity index (χ0v) is 34.4. The summed E-state index contributed by atoms with van der Waals surface area (Å²) in [5.74, 6) is 0. The van der Waals surface area contributed by atoms with E-state index in [1.54, 1.807) is 0 Å². The molecule has 0 radical (unpaired) electrons. The predicted octanol–water partition coefficient (Wildman–Crippen LogP) is 15.3. The normalized spacial score (nSPS) is 14.3. The summed E-state index contributed by atoms with van der Waals surface area (Å²) in [6.45, 7) is 2.34. The number of nitrogens with zero attached hydrogens (tertiary/aromatic N) is 2. The van der Waals surface area contributed by atoms with Gasteiger partial charge in [0.25, 0.3) is 0 Å². The molecule has 60 heavy (non-hydrogen) atoms. The van der Waals surface area contributed by atoms with Crippen LogP contribution in [0.2, 0.25) is 0 Å². The number of hydrogen-bond donors (Lipinski definition) is 0. The average Bonchev–Trinajstić information content (AvgIpc) is 3.66. The van der Waals surface area contributed by atoms with Gasteiger partial charge < -0.3 is 9.47 Å². The lowest BCUT2D eigenvalue weighted by molar-refractivity contribution is 0.707. The monoisotopic (exact) mass is 786 g/mol. The van der Waals surface area contributed by atoms with E-state index in [9.17, 15) is 0 Å². The summed E-state index contributed by atoms with van der Waals surface area (Å²) in [4.78, 5) is 3.75. The van der Waals surface area contributed by atoms with Crippen molar-refractivity contribution in [2.75, 3.05) is 11.2 Å². The number of thioether (sulfide) groups is 1. The number of rotatable bonds is 8. The van der Waals surface area contributed by atoms with Gasteiger partial charge in [0.1, 0.15) is 0 Å². The summed E-state index contributed by atoms with van der Waals surface area (Å²) in [6, 6.07) is 80.4. The Hall–Kier alpha value is -7.07. The molecule has 0 N–H and O–H groups in total. The molecule has 3 heteroatoms. The van der Waals surface area contributed by atoms with E-state index in [0.717, 1.165) is 17.1 Å². The molecular formula is C57H42N2S. The van der Waals surface area contributed by atoms with Gasteiger partial charge in [-0.15, -0.1) is 11.8 Å². The van der Waals surface area contributed by atoms with Crippen LogP contribution in [0.15, 0.2) is 223 Å². The van der Waals surface area contributed by atoms with Crippen LogP contribution in [0.3, 0.4) is 0 Å². The van der Waals surface area contributed by atoms with E-state index in [1.165, 1.54) is 82.5 Å². The van der Waals surface area contributed by atoms with Crippen LogP contribution in [-0.2, 0) is 5.41 Å². The molecule has 2 heterocycles. The van der Waals surface area contributed by atoms with Crippen molar-refractivity contribution in [2.45, 2.75) is 17.2 Å². The molecule has 0 spiro atoms. The van der Waals surface area contributed by atoms with E-state index < -0.39 is 5.41 Å². The molecule has 10 aromatic rings. The van der Waals surface area contributed by atoms with Crippen LogP contribution in [-0.4, -0.2) is 10.8 Å². The third kappa shape index (κ3) is 5.43. The van der Waals surface area contributed by atoms with Crippen molar-refractivity contribution in [3.8, 4) is 27.9 Å². The largest absolute Gasteiger partial charge is 0.310 e. The van der Waals surface area contributed by atoms with Crippen LogP contribution < -0.4 is 4.90 Å². The van der Waals surface area contributed by atoms with E-state index in [2.05, 4.69) is 241 Å². The minimum absolute atomic E-state index is 0.651. The lowest BCUT2D eigenvalue weighted by atomic mass is 9.62. The number of anilines is 3. The van der Waals surface area contributed by atoms with Crippen molar-refractivity contribution in [1.82, 2.24) is 4.57 Å². The molecular weight excluding hydrogens is 745 g/mol. The molecule has 0 fully saturated rings. The Morgan fingerprint density at radius 1 is 0.433 bits per heavy atom. The molecule has 11 rings (SSSR count). The van der Waals surface area contributed by atoms with Gasteiger partial charge >= 0.3 is 0 Å². The predicted molar refractivity (Wildman–Crippen MR) is 255 cm³/mol. The highest BCUT2D eigenvalue weighted by Crippen LogP contribution is 2.57. The molecule has 1 aliphatic rings. The molecule has 1 atom stereocenters. The van der Waals surface area contributed by atoms with Gasteiger partial charge in [0.15, 0.2) is 0 Å². The van der Waals surface area contributed by atoms with Crippen LogP contribution in [0.25, 0.3) is 49.7 Å². The highest BCUT2D eigenvalue weighted by atomic mass is 32.2. The Balaban J connectivity index is 1.24. The highest BCUT2D eigenvalue weighted by molar-refractivity contribution is 7.98. The molecule has 9 aromatic carbocycles. The lowest BCUT2D eigenvalue weighted by Crippen LogP contribution is -2.37. The number of para-hydroxylation sites is 4. The molecule has 1 aromatic heterocycles. The summed E-state index contributed by atoms with van der Waals surface area (Å²) < 4.78 is 2.52. The minimum atomic E-state index is -0.651. The first-order valence-corrected chi connectivity index (χ1v) is 21.9. The third-order valence-corrected chi connectivity index (χ3v) is 13.4. The van der Waals surface area contributed by atoms with Crippen LogP contribution in [0, 0.1) is 6.92 Å². The molecule has 0 amide bonds. The fraction of sp³-hybridized carbons (Fsp3) is 0.0526. The molecule has 0 bridgehead atoms. The second-order valence-electron chi connectivity index (χ2n) is 15.6. The molecule has 1 unspecified atom stereocenters. The van der Waals surface area contributed by atoms with E-state index in [0.29, 0.717) is 0 Å². The standard InChI is InChI=1S/C57H42N2S/c1-39-47(28-18-33-51(39)58(43-37-35-41(36-38-43)40-19-5-3-6-20-40)52-30-13-9-23-44(52)42-21-7-4-8-22-42)57(49-27-12-16-34-55(49)60-2)48-26-11-15-32-54(48)59-53-31-14-10-24-45(53)46-25-17-29-50(57)56(46)59/h3-38H,1-2H3. The third-order valence-electron chi connectivity index (χ3n) is 12.6. The van der Waals surface area contributed by atoms with Crippen LogP contribution >= 0.6 is 11.8 Å². The van der Waals surface area contributed by atoms with Crippen LogP contribution in [0.4, 0.5) is 17.1 Å². The van der Waals surface area contributed by atoms with Gasteiger partial charge in [-0.2, -0.15) is 0 Å². The van der Waals surface area contributed by atoms with Gasteiger partial charge in [0, 0.05) is 32.6 Å². The van der Waals surface area contributed by atoms with Crippen molar-refractivity contribution >= 4 is 50.6 Å². The second-order valence-corrected chi connectivity index (χ2v) is 16.5. The zero-order valence-electron chi connectivity index (χ0n) is 33.6. The molecule has 2 nitrogen and oxygen atoms in total. The Bertz CT molecular complexity index is 3200. The first kappa shape index (κ1) is 36.0. The fourth-order valence-corrected chi connectivity index (χ4v) is 10.7. The number of fused-ring (bicyclic) bond motifs is 5. The van der Waals surface area contributed by atoms with E-state index in [4.69, 9.17) is 0 Å². The van der Waals surface area contributed by atoms with E-state index >= 15 is 0 Å². The van der Waals surface area contributed by atoms with Gasteiger partial charge in [-0.25, -0.2) is 0 Å². The lowest BCUT2D eigenvalue weighted by Gasteiger charge is -2.44. The van der Waals surface area contributed by atoms with Gasteiger partial charge in [-0.3, -0.25) is 0 Å². The number of benzene rings is 9. The minimum Gasteiger partial charge on any atom is -0.310 e. The highest BCUT2D eigenvalue weighted by Gasteiger charge is 2.47. The van der Waals surface area contributed by atoms with Gasteiger partial charge in [-0.05, 0) is 100 Å². The summed E-state index contributed by atoms with van der Waals surface area (Å²) in [6.07, 6.45) is 2.21. The topological polar surface area (TPSA) is 8.17 Å². The van der Waals surface area contributed by atoms with Crippen molar-refractivity contribution in [3.63, 3.8) is 0 Å². The quantitative estimate of drug-likeness (QED) is 0.142. The molecule has 1 aliphatic heterocycles. The first-order valence-electron chi connectivity index (χ1n) is 20.6. The smallest absolute Gasteiger partial charge is 0.0756 e. The molecule has 286 valence electrons. The van der Waals surface area contributed by atoms with Gasteiger partial charge in [0.2, 0.25) is 0 Å². The molecule has 0 saturated heterocycles. The number of aromatic nitrogens is 1. The molecule has 0 saturated carbocycles. The van der Waals surface area contributed by atoms with Crippen molar-refractivity contribution in [3.05, 3.63) is 246 Å². The maximum absolute atomic E-state index is 2.52. The number of hydrogen-bond acceptors (Lipinski definition) is 2. The Labute approximate surface area is 356 Å². The Morgan fingerprint density at radius 2 is 1.00 bits per heavy atom. The van der Waals surface area contributed by atoms with E-state index in [1.807, 2.05) is 11.8 Å². The maximum Gasteiger partial charge on any atom is 0.0756 e. The molecule has 0 aliphatic carbocycles. The summed E-state index contributed by atoms with van der Waals surface area (Å²) in [5, 5.41) is 2.54. The summed E-state index contributed by atoms with van der Waals surface area (Å²) in [7, 11) is 0. The SMILES string of the molecule is CSc1ccccc1C1(c2cccc(N(c3ccc(-c4ccccc4)cc3)c3ccccc3-c3ccccc3)c2C)c2ccccc2-n2c3ccccc3c3cccc1c32. The summed E-state index contributed by atoms with van der Waals surface area (Å²) >= 11 is 1.82. The Kier molecular flexibility index (Phi) is 8.79. The first-order chi connectivity index (χ1) is 29.7. The van der Waals surface area contributed by atoms with Crippen molar-refractivity contribution < 1.29 is 0 Å². The summed E-state index contributed by atoms with van der Waals surface area (Å²) in [5.41, 5.74) is 17.5. The van der Waals surface area contributed by atoms with E-state index in [-0.39, 0.29) is 0 Å². The van der Waals surface area contributed by atoms with Crippen LogP contribution in [0.5, 0.6) is 0 Å². The van der Waals surface area contributed by atoms with Crippen molar-refractivity contribution in [2.24, 2.45) is 0 Å².